The molecule has 5 rings (SSSR count). The van der Waals surface area contributed by atoms with E-state index in [4.69, 9.17) is 0 Å². The van der Waals surface area contributed by atoms with E-state index < -0.39 is 24.0 Å². The van der Waals surface area contributed by atoms with Crippen LogP contribution >= 0.6 is 0 Å². The molecule has 232 valence electrons. The van der Waals surface area contributed by atoms with Gasteiger partial charge in [0.2, 0.25) is 11.8 Å². The Morgan fingerprint density at radius 1 is 0.778 bits per heavy atom. The Bertz CT molecular complexity index is 1610. The first-order chi connectivity index (χ1) is 21.4. The van der Waals surface area contributed by atoms with Crippen LogP contribution in [0.3, 0.4) is 0 Å². The van der Waals surface area contributed by atoms with Gasteiger partial charge in [-0.1, -0.05) is 49.2 Å². The van der Waals surface area contributed by atoms with Gasteiger partial charge in [-0.25, -0.2) is 4.79 Å². The molecule has 1 fully saturated rings. The number of nitrogens with zero attached hydrogens (tertiary/aromatic N) is 1. The van der Waals surface area contributed by atoms with E-state index in [0.29, 0.717) is 13.0 Å². The first-order valence-corrected chi connectivity index (χ1v) is 15.3. The van der Waals surface area contributed by atoms with Crippen LogP contribution in [0.4, 0.5) is 4.79 Å². The van der Waals surface area contributed by atoms with Gasteiger partial charge in [-0.15, -0.1) is 0 Å². The molecule has 1 aliphatic rings. The van der Waals surface area contributed by atoms with E-state index >= 15 is 0 Å². The number of carboxylic acid groups (broad SMARTS) is 1. The van der Waals surface area contributed by atoms with Gasteiger partial charge in [0.1, 0.15) is 6.04 Å². The number of rotatable bonds is 12. The Labute approximate surface area is 284 Å². The number of carboxylic acids is 1. The number of likely N-dealkylation sites (tertiary alicyclic amines) is 1. The predicted octanol–water partition coefficient (Wildman–Crippen LogP) is -0.476. The molecule has 4 amide bonds. The number of nitrogens with one attached hydrogen (secondary N) is 5. The van der Waals surface area contributed by atoms with Gasteiger partial charge in [0, 0.05) is 73.1 Å². The number of urea groups is 1. The van der Waals surface area contributed by atoms with Crippen molar-refractivity contribution in [1.29, 1.82) is 0 Å². The standard InChI is InChI=1S/C33H40N6O5.Na/c40-30(14-9-15-34-33(44)39-16-7-1-2-8-17-39)37-28(18-22-20-35-26-12-5-3-10-24(22)26)31(41)38-29(32(42)43)19-23-21-36-27-13-6-4-11-25(23)27;/h3-6,10-13,20-21,28-29,35-36H,1-2,7-9,14-19H2,(H,34,44)(H,37,40)(H,38,41)(H,42,43);/q;+1/p-1/t28-,29-;/m1./s1. The van der Waals surface area contributed by atoms with E-state index in [-0.39, 0.29) is 60.8 Å². The number of H-pyrrole nitrogens is 2. The number of hydrogen-bond acceptors (Lipinski definition) is 5. The zero-order valence-corrected chi connectivity index (χ0v) is 27.7. The molecule has 0 radical (unpaired) electrons. The molecule has 0 saturated carbocycles. The third-order valence-corrected chi connectivity index (χ3v) is 8.20. The molecule has 2 aromatic heterocycles. The molecule has 0 aliphatic carbocycles. The Kier molecular flexibility index (Phi) is 12.5. The molecule has 45 heavy (non-hydrogen) atoms. The summed E-state index contributed by atoms with van der Waals surface area (Å²) in [5, 5.41) is 22.2. The van der Waals surface area contributed by atoms with Crippen LogP contribution in [0.25, 0.3) is 21.8 Å². The maximum absolute atomic E-state index is 13.6. The molecule has 2 atom stereocenters. The molecule has 12 heteroatoms. The number of para-hydroxylation sites is 2. The van der Waals surface area contributed by atoms with E-state index in [2.05, 4.69) is 25.9 Å². The van der Waals surface area contributed by atoms with E-state index in [9.17, 15) is 24.3 Å². The van der Waals surface area contributed by atoms with Crippen molar-refractivity contribution in [2.24, 2.45) is 0 Å². The zero-order valence-electron chi connectivity index (χ0n) is 25.7. The van der Waals surface area contributed by atoms with E-state index in [1.54, 1.807) is 12.4 Å². The monoisotopic (exact) mass is 622 g/mol. The number of hydrogen-bond donors (Lipinski definition) is 5. The molecule has 11 nitrogen and oxygen atoms in total. The summed E-state index contributed by atoms with van der Waals surface area (Å²) in [6, 6.07) is 12.7. The Morgan fingerprint density at radius 2 is 1.33 bits per heavy atom. The molecule has 0 bridgehead atoms. The van der Waals surface area contributed by atoms with Crippen molar-refractivity contribution < 1.29 is 53.8 Å². The van der Waals surface area contributed by atoms with E-state index in [0.717, 1.165) is 71.7 Å². The van der Waals surface area contributed by atoms with Crippen molar-refractivity contribution >= 4 is 45.6 Å². The second-order valence-corrected chi connectivity index (χ2v) is 11.4. The molecule has 1 saturated heterocycles. The van der Waals surface area contributed by atoms with Crippen LogP contribution in [0.2, 0.25) is 0 Å². The molecule has 4 aromatic rings. The van der Waals surface area contributed by atoms with Crippen LogP contribution in [-0.2, 0) is 27.2 Å². The topological polar surface area (TPSA) is 162 Å². The minimum absolute atomic E-state index is 0. The Hall–Kier alpha value is -3.80. The molecule has 5 N–H and O–H groups in total. The van der Waals surface area contributed by atoms with Gasteiger partial charge >= 0.3 is 35.6 Å². The maximum Gasteiger partial charge on any atom is 1.00 e. The molecular weight excluding hydrogens is 583 g/mol. The summed E-state index contributed by atoms with van der Waals surface area (Å²) in [6.45, 7) is 1.81. The van der Waals surface area contributed by atoms with E-state index in [1.165, 1.54) is 0 Å². The van der Waals surface area contributed by atoms with E-state index in [1.807, 2.05) is 53.4 Å². The normalized spacial score (nSPS) is 14.6. The van der Waals surface area contributed by atoms with Gasteiger partial charge in [-0.3, -0.25) is 9.59 Å². The summed E-state index contributed by atoms with van der Waals surface area (Å²) in [5.41, 5.74) is 3.29. The number of amides is 4. The third kappa shape index (κ3) is 9.12. The maximum atomic E-state index is 13.6. The van der Waals surface area contributed by atoms with Crippen LogP contribution in [0, 0.1) is 0 Å². The summed E-state index contributed by atoms with van der Waals surface area (Å²) in [6.07, 6.45) is 8.43. The van der Waals surface area contributed by atoms with Crippen LogP contribution in [0.1, 0.15) is 49.7 Å². The fourth-order valence-electron chi connectivity index (χ4n) is 5.81. The minimum Gasteiger partial charge on any atom is -0.548 e. The number of aliphatic carboxylic acids is 1. The summed E-state index contributed by atoms with van der Waals surface area (Å²) < 4.78 is 0. The first kappa shape index (κ1) is 34.1. The van der Waals surface area contributed by atoms with Gasteiger partial charge in [-0.05, 0) is 42.5 Å². The van der Waals surface area contributed by atoms with Crippen LogP contribution in [-0.4, -0.2) is 70.4 Å². The minimum atomic E-state index is -1.42. The number of carbonyl (C=O) groups excluding carboxylic acids is 4. The smallest absolute Gasteiger partial charge is 0.548 e. The molecule has 1 aliphatic heterocycles. The van der Waals surface area contributed by atoms with Crippen molar-refractivity contribution in [3.63, 3.8) is 0 Å². The molecular formula is C33H39N6NaO5. The summed E-state index contributed by atoms with van der Waals surface area (Å²) in [4.78, 5) is 59.3. The quantitative estimate of drug-likeness (QED) is 0.106. The average molecular weight is 623 g/mol. The number of fused-ring (bicyclic) bond motifs is 2. The van der Waals surface area contributed by atoms with Gasteiger partial charge < -0.3 is 40.7 Å². The number of benzene rings is 2. The average Bonchev–Trinajstić information content (AvgIpc) is 3.51. The zero-order chi connectivity index (χ0) is 30.9. The van der Waals surface area contributed by atoms with Crippen molar-refractivity contribution in [3.8, 4) is 0 Å². The second-order valence-electron chi connectivity index (χ2n) is 11.4. The van der Waals surface area contributed by atoms with Crippen molar-refractivity contribution in [1.82, 2.24) is 30.8 Å². The van der Waals surface area contributed by atoms with Crippen molar-refractivity contribution in [2.45, 2.75) is 63.5 Å². The van der Waals surface area contributed by atoms with Crippen LogP contribution in [0.5, 0.6) is 0 Å². The third-order valence-electron chi connectivity index (χ3n) is 8.20. The molecule has 2 aromatic carbocycles. The summed E-state index contributed by atoms with van der Waals surface area (Å²) in [5.74, 6) is -2.40. The molecule has 3 heterocycles. The number of aromatic nitrogens is 2. The van der Waals surface area contributed by atoms with Gasteiger partial charge in [-0.2, -0.15) is 0 Å². The largest absolute Gasteiger partial charge is 1.00 e. The summed E-state index contributed by atoms with van der Waals surface area (Å²) in [7, 11) is 0. The summed E-state index contributed by atoms with van der Waals surface area (Å²) >= 11 is 0. The van der Waals surface area contributed by atoms with Gasteiger partial charge in [0.25, 0.3) is 0 Å². The predicted molar refractivity (Wildman–Crippen MR) is 166 cm³/mol. The van der Waals surface area contributed by atoms with Gasteiger partial charge in [0.05, 0.1) is 12.0 Å². The van der Waals surface area contributed by atoms with Crippen LogP contribution < -0.4 is 50.6 Å². The second kappa shape index (κ2) is 16.5. The van der Waals surface area contributed by atoms with Gasteiger partial charge in [0.15, 0.2) is 0 Å². The Morgan fingerprint density at radius 3 is 1.91 bits per heavy atom. The SMILES string of the molecule is O=C(CCCNC(=O)N1CCCCCC1)N[C@H](Cc1c[nH]c2ccccc12)C(=O)N[C@H](Cc1c[nH]c2ccccc12)C(=O)[O-].[Na+]. The molecule has 0 unspecified atom stereocenters. The fourth-order valence-corrected chi connectivity index (χ4v) is 5.81. The molecule has 0 spiro atoms. The fraction of sp³-hybridized carbons (Fsp3) is 0.394. The first-order valence-electron chi connectivity index (χ1n) is 15.3. The van der Waals surface area contributed by atoms with Crippen LogP contribution in [0.15, 0.2) is 60.9 Å². The Balaban J connectivity index is 0.00000461. The van der Waals surface area contributed by atoms with Crippen molar-refractivity contribution in [2.75, 3.05) is 19.6 Å². The number of aromatic amines is 2. The van der Waals surface area contributed by atoms with Crippen molar-refractivity contribution in [3.05, 3.63) is 72.1 Å². The number of carbonyl (C=O) groups is 4.